The van der Waals surface area contributed by atoms with Gasteiger partial charge in [-0.3, -0.25) is 0 Å². The molecule has 0 spiro atoms. The van der Waals surface area contributed by atoms with Crippen LogP contribution in [0.25, 0.3) is 0 Å². The lowest BCUT2D eigenvalue weighted by molar-refractivity contribution is 0.541. The Hall–Kier alpha value is 0.110. The van der Waals surface area contributed by atoms with E-state index in [1.807, 2.05) is 0 Å². The molecule has 0 aromatic rings. The molecular formula is C11H20INO. The van der Waals surface area contributed by atoms with Gasteiger partial charge in [0.25, 0.3) is 0 Å². The predicted octanol–water partition coefficient (Wildman–Crippen LogP) is 3.88. The molecule has 1 unspecified atom stereocenters. The second-order valence-corrected chi connectivity index (χ2v) is 4.47. The molecule has 0 amide bonds. The summed E-state index contributed by atoms with van der Waals surface area (Å²) in [5.41, 5.74) is 0. The molecule has 0 aromatic carbocycles. The minimum absolute atomic E-state index is 0.208. The van der Waals surface area contributed by atoms with Crippen LogP contribution in [-0.4, -0.2) is 16.5 Å². The molecule has 0 bridgehead atoms. The molecular weight excluding hydrogens is 289 g/mol. The quantitative estimate of drug-likeness (QED) is 0.209. The molecule has 0 rings (SSSR count). The maximum atomic E-state index is 10.1. The molecule has 82 valence electrons. The summed E-state index contributed by atoms with van der Waals surface area (Å²) in [5, 5.41) is 0. The van der Waals surface area contributed by atoms with Gasteiger partial charge in [-0.1, -0.05) is 68.0 Å². The summed E-state index contributed by atoms with van der Waals surface area (Å²) in [6.45, 7) is 2.23. The van der Waals surface area contributed by atoms with E-state index < -0.39 is 0 Å². The van der Waals surface area contributed by atoms with E-state index in [0.29, 0.717) is 0 Å². The molecule has 0 saturated heterocycles. The number of nitrogens with zero attached hydrogens (tertiary/aromatic N) is 1. The predicted molar refractivity (Wildman–Crippen MR) is 68.8 cm³/mol. The first kappa shape index (κ1) is 14.1. The van der Waals surface area contributed by atoms with E-state index in [1.54, 1.807) is 6.08 Å². The molecule has 0 aliphatic carbocycles. The first-order valence-electron chi connectivity index (χ1n) is 5.48. The van der Waals surface area contributed by atoms with Crippen LogP contribution in [0.1, 0.15) is 51.9 Å². The average Bonchev–Trinajstić information content (AvgIpc) is 2.21. The van der Waals surface area contributed by atoms with Crippen LogP contribution in [0.15, 0.2) is 4.99 Å². The van der Waals surface area contributed by atoms with E-state index in [2.05, 4.69) is 34.5 Å². The molecule has 0 radical (unpaired) electrons. The van der Waals surface area contributed by atoms with Gasteiger partial charge in [-0.05, 0) is 6.42 Å². The Morgan fingerprint density at radius 3 is 2.43 bits per heavy atom. The maximum absolute atomic E-state index is 10.1. The molecule has 3 heteroatoms. The summed E-state index contributed by atoms with van der Waals surface area (Å²) in [5.74, 6) is 0. The lowest BCUT2D eigenvalue weighted by Gasteiger charge is -2.05. The molecule has 0 aliphatic rings. The summed E-state index contributed by atoms with van der Waals surface area (Å²) in [7, 11) is 0. The molecule has 0 aliphatic heterocycles. The Balaban J connectivity index is 3.28. The van der Waals surface area contributed by atoms with Crippen LogP contribution in [0.2, 0.25) is 0 Å². The number of hydrogen-bond acceptors (Lipinski definition) is 2. The molecule has 0 heterocycles. The SMILES string of the molecule is CCCCCCCCC(CI)N=C=O. The number of aliphatic imine (C=N–C) groups is 1. The van der Waals surface area contributed by atoms with Gasteiger partial charge >= 0.3 is 0 Å². The Labute approximate surface area is 101 Å². The molecule has 0 aromatic heterocycles. The molecule has 2 nitrogen and oxygen atoms in total. The molecule has 0 fully saturated rings. The minimum Gasteiger partial charge on any atom is -0.211 e. The van der Waals surface area contributed by atoms with Crippen LogP contribution in [0.4, 0.5) is 0 Å². The lowest BCUT2D eigenvalue weighted by Crippen LogP contribution is -2.05. The van der Waals surface area contributed by atoms with E-state index in [4.69, 9.17) is 0 Å². The number of carbonyl (C=O) groups excluding carboxylic acids is 1. The minimum atomic E-state index is 0.208. The number of halogens is 1. The average molecular weight is 309 g/mol. The smallest absolute Gasteiger partial charge is 0.211 e. The fraction of sp³-hybridized carbons (Fsp3) is 0.909. The third kappa shape index (κ3) is 8.70. The van der Waals surface area contributed by atoms with E-state index in [9.17, 15) is 4.79 Å². The van der Waals surface area contributed by atoms with Gasteiger partial charge in [0, 0.05) is 4.43 Å². The van der Waals surface area contributed by atoms with Crippen molar-refractivity contribution in [3.05, 3.63) is 0 Å². The van der Waals surface area contributed by atoms with Crippen LogP contribution in [0.5, 0.6) is 0 Å². The summed E-state index contributed by atoms with van der Waals surface area (Å²) in [6, 6.07) is 0.208. The zero-order chi connectivity index (χ0) is 10.6. The van der Waals surface area contributed by atoms with Crippen molar-refractivity contribution >= 4 is 28.7 Å². The van der Waals surface area contributed by atoms with Crippen LogP contribution >= 0.6 is 22.6 Å². The Kier molecular flexibility index (Phi) is 11.3. The van der Waals surface area contributed by atoms with Crippen molar-refractivity contribution in [2.75, 3.05) is 4.43 Å². The number of hydrogen-bond donors (Lipinski definition) is 0. The number of rotatable bonds is 9. The van der Waals surface area contributed by atoms with Crippen LogP contribution < -0.4 is 0 Å². The standard InChI is InChI=1S/C11H20INO/c1-2-3-4-5-6-7-8-11(9-12)13-10-14/h11H,2-9H2,1H3. The topological polar surface area (TPSA) is 29.4 Å². The fourth-order valence-corrected chi connectivity index (χ4v) is 2.05. The van der Waals surface area contributed by atoms with Crippen LogP contribution in [0.3, 0.4) is 0 Å². The van der Waals surface area contributed by atoms with E-state index >= 15 is 0 Å². The van der Waals surface area contributed by atoms with E-state index in [0.717, 1.165) is 10.8 Å². The summed E-state index contributed by atoms with van der Waals surface area (Å²) in [4.78, 5) is 13.8. The maximum Gasteiger partial charge on any atom is 0.235 e. The molecule has 0 saturated carbocycles. The highest BCUT2D eigenvalue weighted by molar-refractivity contribution is 14.1. The Morgan fingerprint density at radius 1 is 1.21 bits per heavy atom. The largest absolute Gasteiger partial charge is 0.235 e. The summed E-state index contributed by atoms with van der Waals surface area (Å²) < 4.78 is 0.932. The summed E-state index contributed by atoms with van der Waals surface area (Å²) >= 11 is 2.27. The van der Waals surface area contributed by atoms with Gasteiger partial charge in [0.15, 0.2) is 0 Å². The van der Waals surface area contributed by atoms with E-state index in [-0.39, 0.29) is 6.04 Å². The zero-order valence-electron chi connectivity index (χ0n) is 8.97. The van der Waals surface area contributed by atoms with Crippen molar-refractivity contribution in [2.45, 2.75) is 57.9 Å². The second-order valence-electron chi connectivity index (χ2n) is 3.58. The third-order valence-electron chi connectivity index (χ3n) is 2.30. The van der Waals surface area contributed by atoms with Gasteiger partial charge in [0.1, 0.15) is 0 Å². The van der Waals surface area contributed by atoms with Crippen molar-refractivity contribution < 1.29 is 4.79 Å². The van der Waals surface area contributed by atoms with Gasteiger partial charge < -0.3 is 0 Å². The van der Waals surface area contributed by atoms with E-state index in [1.165, 1.54) is 38.5 Å². The van der Waals surface area contributed by atoms with Gasteiger partial charge in [0.2, 0.25) is 6.08 Å². The first-order valence-corrected chi connectivity index (χ1v) is 7.00. The van der Waals surface area contributed by atoms with Crippen molar-refractivity contribution in [3.8, 4) is 0 Å². The third-order valence-corrected chi connectivity index (χ3v) is 3.32. The Bertz CT molecular complexity index is 167. The van der Waals surface area contributed by atoms with Gasteiger partial charge in [-0.15, -0.1) is 0 Å². The van der Waals surface area contributed by atoms with Crippen molar-refractivity contribution in [1.29, 1.82) is 0 Å². The lowest BCUT2D eigenvalue weighted by atomic mass is 10.1. The highest BCUT2D eigenvalue weighted by Gasteiger charge is 2.03. The van der Waals surface area contributed by atoms with Crippen LogP contribution in [0, 0.1) is 0 Å². The number of isocyanates is 1. The van der Waals surface area contributed by atoms with Gasteiger partial charge in [-0.2, -0.15) is 0 Å². The van der Waals surface area contributed by atoms with Gasteiger partial charge in [0.05, 0.1) is 6.04 Å². The first-order chi connectivity index (χ1) is 6.85. The highest BCUT2D eigenvalue weighted by atomic mass is 127. The van der Waals surface area contributed by atoms with Crippen molar-refractivity contribution in [3.63, 3.8) is 0 Å². The molecule has 1 atom stereocenters. The highest BCUT2D eigenvalue weighted by Crippen LogP contribution is 2.11. The monoisotopic (exact) mass is 309 g/mol. The van der Waals surface area contributed by atoms with Crippen molar-refractivity contribution in [2.24, 2.45) is 4.99 Å². The normalized spacial score (nSPS) is 12.1. The second kappa shape index (κ2) is 11.2. The van der Waals surface area contributed by atoms with Crippen molar-refractivity contribution in [1.82, 2.24) is 0 Å². The van der Waals surface area contributed by atoms with Crippen LogP contribution in [-0.2, 0) is 4.79 Å². The number of unbranched alkanes of at least 4 members (excludes halogenated alkanes) is 5. The Morgan fingerprint density at radius 2 is 1.86 bits per heavy atom. The zero-order valence-corrected chi connectivity index (χ0v) is 11.1. The molecule has 14 heavy (non-hydrogen) atoms. The van der Waals surface area contributed by atoms with Gasteiger partial charge in [-0.25, -0.2) is 9.79 Å². The number of alkyl halides is 1. The fourth-order valence-electron chi connectivity index (χ4n) is 1.41. The molecule has 0 N–H and O–H groups in total. The summed E-state index contributed by atoms with van der Waals surface area (Å²) in [6.07, 6.45) is 10.5.